The lowest BCUT2D eigenvalue weighted by molar-refractivity contribution is 0.361. The van der Waals surface area contributed by atoms with Gasteiger partial charge < -0.3 is 9.46 Å². The molecule has 0 unspecified atom stereocenters. The highest BCUT2D eigenvalue weighted by Gasteiger charge is 2.33. The predicted octanol–water partition coefficient (Wildman–Crippen LogP) is 3.85. The van der Waals surface area contributed by atoms with E-state index in [1.54, 1.807) is 0 Å². The standard InChI is InChI=1S/C19H27N2OP/c1-5-15-6-7-17-18(20-15)9-8-16(14(2)3)19(17)23(22)12-10-21(4)11-13-23/h6-9,14H,5,10-13H2,1-4H3. The number of fused-ring (bicyclic) bond motifs is 1. The molecule has 1 fully saturated rings. The van der Waals surface area contributed by atoms with Crippen molar-refractivity contribution in [2.45, 2.75) is 33.1 Å². The summed E-state index contributed by atoms with van der Waals surface area (Å²) in [6.07, 6.45) is 2.51. The number of aromatic nitrogens is 1. The summed E-state index contributed by atoms with van der Waals surface area (Å²) in [5, 5.41) is 2.23. The van der Waals surface area contributed by atoms with Gasteiger partial charge in [0.2, 0.25) is 0 Å². The van der Waals surface area contributed by atoms with E-state index in [1.807, 2.05) is 0 Å². The summed E-state index contributed by atoms with van der Waals surface area (Å²) in [4.78, 5) is 7.05. The van der Waals surface area contributed by atoms with Crippen LogP contribution >= 0.6 is 7.14 Å². The van der Waals surface area contributed by atoms with Crippen LogP contribution in [0.4, 0.5) is 0 Å². The molecule has 2 aromatic rings. The highest BCUT2D eigenvalue weighted by molar-refractivity contribution is 7.72. The lowest BCUT2D eigenvalue weighted by Crippen LogP contribution is -2.35. The molecule has 3 rings (SSSR count). The third-order valence-electron chi connectivity index (χ3n) is 5.01. The SMILES string of the molecule is CCc1ccc2c(P3(=O)CCN(C)CC3)c(C(C)C)ccc2n1. The second kappa shape index (κ2) is 6.37. The summed E-state index contributed by atoms with van der Waals surface area (Å²) < 4.78 is 13.8. The molecule has 4 heteroatoms. The van der Waals surface area contributed by atoms with Gasteiger partial charge in [0, 0.05) is 41.8 Å². The summed E-state index contributed by atoms with van der Waals surface area (Å²) in [6.45, 7) is 8.36. The lowest BCUT2D eigenvalue weighted by Gasteiger charge is -2.32. The zero-order valence-corrected chi connectivity index (χ0v) is 15.6. The predicted molar refractivity (Wildman–Crippen MR) is 99.7 cm³/mol. The van der Waals surface area contributed by atoms with Crippen LogP contribution in [0.15, 0.2) is 24.3 Å². The normalized spacial score (nSPS) is 18.7. The average Bonchev–Trinajstić information content (AvgIpc) is 2.56. The number of aryl methyl sites for hydroxylation is 1. The molecular formula is C19H27N2OP. The Morgan fingerprint density at radius 2 is 1.87 bits per heavy atom. The molecular weight excluding hydrogens is 303 g/mol. The molecule has 1 aromatic carbocycles. The molecule has 0 N–H and O–H groups in total. The fourth-order valence-corrected chi connectivity index (χ4v) is 6.91. The van der Waals surface area contributed by atoms with Crippen LogP contribution in [0.1, 0.15) is 37.9 Å². The van der Waals surface area contributed by atoms with E-state index in [-0.39, 0.29) is 0 Å². The molecule has 0 bridgehead atoms. The zero-order valence-electron chi connectivity index (χ0n) is 14.7. The van der Waals surface area contributed by atoms with Crippen LogP contribution in [0.25, 0.3) is 10.9 Å². The van der Waals surface area contributed by atoms with Crippen LogP contribution in [-0.4, -0.2) is 42.3 Å². The first-order chi connectivity index (χ1) is 10.9. The molecule has 1 saturated heterocycles. The van der Waals surface area contributed by atoms with Gasteiger partial charge in [-0.2, -0.15) is 0 Å². The number of nitrogens with zero attached hydrogens (tertiary/aromatic N) is 2. The molecule has 0 saturated carbocycles. The average molecular weight is 330 g/mol. The third kappa shape index (κ3) is 3.09. The van der Waals surface area contributed by atoms with Crippen LogP contribution < -0.4 is 5.30 Å². The molecule has 2 heterocycles. The van der Waals surface area contributed by atoms with Crippen molar-refractivity contribution in [1.29, 1.82) is 0 Å². The van der Waals surface area contributed by atoms with Crippen LogP contribution in [0.5, 0.6) is 0 Å². The Balaban J connectivity index is 2.23. The van der Waals surface area contributed by atoms with E-state index in [4.69, 9.17) is 4.98 Å². The Kier molecular flexibility index (Phi) is 4.62. The smallest absolute Gasteiger partial charge is 0.119 e. The van der Waals surface area contributed by atoms with Crippen LogP contribution in [0, 0.1) is 0 Å². The topological polar surface area (TPSA) is 33.2 Å². The highest BCUT2D eigenvalue weighted by atomic mass is 31.2. The third-order valence-corrected chi connectivity index (χ3v) is 8.17. The summed E-state index contributed by atoms with van der Waals surface area (Å²) in [5.41, 5.74) is 3.34. The molecule has 0 amide bonds. The highest BCUT2D eigenvalue weighted by Crippen LogP contribution is 2.49. The second-order valence-corrected chi connectivity index (χ2v) is 10.1. The Morgan fingerprint density at radius 3 is 2.48 bits per heavy atom. The minimum atomic E-state index is -2.35. The zero-order chi connectivity index (χ0) is 16.6. The van der Waals surface area contributed by atoms with Gasteiger partial charge in [0.25, 0.3) is 0 Å². The van der Waals surface area contributed by atoms with Gasteiger partial charge in [-0.25, -0.2) is 0 Å². The van der Waals surface area contributed by atoms with E-state index in [2.05, 4.69) is 57.0 Å². The quantitative estimate of drug-likeness (QED) is 0.802. The molecule has 1 aromatic heterocycles. The van der Waals surface area contributed by atoms with Crippen molar-refractivity contribution in [3.05, 3.63) is 35.5 Å². The van der Waals surface area contributed by atoms with Gasteiger partial charge in [-0.3, -0.25) is 4.98 Å². The van der Waals surface area contributed by atoms with E-state index < -0.39 is 7.14 Å². The van der Waals surface area contributed by atoms with E-state index in [0.717, 1.165) is 53.7 Å². The number of pyridine rings is 1. The van der Waals surface area contributed by atoms with Gasteiger partial charge in [-0.1, -0.05) is 32.9 Å². The minimum absolute atomic E-state index is 0.380. The fourth-order valence-electron chi connectivity index (χ4n) is 3.48. The van der Waals surface area contributed by atoms with Crippen LogP contribution in [-0.2, 0) is 11.0 Å². The van der Waals surface area contributed by atoms with E-state index in [9.17, 15) is 4.57 Å². The lowest BCUT2D eigenvalue weighted by atomic mass is 10.0. The van der Waals surface area contributed by atoms with Gasteiger partial charge >= 0.3 is 0 Å². The van der Waals surface area contributed by atoms with Crippen molar-refractivity contribution in [3.8, 4) is 0 Å². The first kappa shape index (κ1) is 16.7. The molecule has 124 valence electrons. The van der Waals surface area contributed by atoms with Crippen molar-refractivity contribution in [2.75, 3.05) is 32.5 Å². The number of rotatable bonds is 3. The summed E-state index contributed by atoms with van der Waals surface area (Å²) in [6, 6.07) is 8.51. The molecule has 1 aliphatic rings. The fraction of sp³-hybridized carbons (Fsp3) is 0.526. The molecule has 0 atom stereocenters. The summed E-state index contributed by atoms with van der Waals surface area (Å²) in [5.74, 6) is 0.380. The minimum Gasteiger partial charge on any atom is -0.318 e. The van der Waals surface area contributed by atoms with Crippen molar-refractivity contribution in [1.82, 2.24) is 9.88 Å². The molecule has 3 nitrogen and oxygen atoms in total. The van der Waals surface area contributed by atoms with Gasteiger partial charge in [0.1, 0.15) is 7.14 Å². The van der Waals surface area contributed by atoms with Crippen LogP contribution in [0.3, 0.4) is 0 Å². The maximum atomic E-state index is 13.8. The molecule has 0 spiro atoms. The maximum absolute atomic E-state index is 13.8. The Hall–Kier alpha value is -1.18. The summed E-state index contributed by atoms with van der Waals surface area (Å²) in [7, 11) is -0.229. The van der Waals surface area contributed by atoms with Crippen molar-refractivity contribution in [3.63, 3.8) is 0 Å². The monoisotopic (exact) mass is 330 g/mol. The molecule has 0 aliphatic carbocycles. The largest absolute Gasteiger partial charge is 0.318 e. The van der Waals surface area contributed by atoms with Crippen molar-refractivity contribution >= 4 is 23.3 Å². The summed E-state index contributed by atoms with van der Waals surface area (Å²) >= 11 is 0. The molecule has 23 heavy (non-hydrogen) atoms. The van der Waals surface area contributed by atoms with E-state index >= 15 is 0 Å². The number of hydrogen-bond acceptors (Lipinski definition) is 3. The van der Waals surface area contributed by atoms with Gasteiger partial charge in [-0.15, -0.1) is 0 Å². The Morgan fingerprint density at radius 1 is 1.17 bits per heavy atom. The van der Waals surface area contributed by atoms with Gasteiger partial charge in [0.05, 0.1) is 5.52 Å². The first-order valence-corrected chi connectivity index (χ1v) is 10.7. The maximum Gasteiger partial charge on any atom is 0.119 e. The van der Waals surface area contributed by atoms with Crippen molar-refractivity contribution in [2.24, 2.45) is 0 Å². The number of hydrogen-bond donors (Lipinski definition) is 0. The Bertz CT molecular complexity index is 757. The Labute approximate surface area is 139 Å². The van der Waals surface area contributed by atoms with Crippen molar-refractivity contribution < 1.29 is 4.57 Å². The molecule has 1 aliphatic heterocycles. The van der Waals surface area contributed by atoms with Gasteiger partial charge in [0.15, 0.2) is 0 Å². The number of benzene rings is 1. The first-order valence-electron chi connectivity index (χ1n) is 8.64. The van der Waals surface area contributed by atoms with E-state index in [1.165, 1.54) is 5.56 Å². The van der Waals surface area contributed by atoms with Crippen LogP contribution in [0.2, 0.25) is 0 Å². The van der Waals surface area contributed by atoms with E-state index in [0.29, 0.717) is 5.92 Å². The molecule has 0 radical (unpaired) electrons. The second-order valence-electron chi connectivity index (χ2n) is 7.02. The van der Waals surface area contributed by atoms with Gasteiger partial charge in [-0.05, 0) is 37.1 Å².